The van der Waals surface area contributed by atoms with Crippen LogP contribution in [0.3, 0.4) is 0 Å². The van der Waals surface area contributed by atoms with Crippen LogP contribution in [0, 0.1) is 5.92 Å². The molecule has 19 heavy (non-hydrogen) atoms. The number of nitrogens with zero attached hydrogens (tertiary/aromatic N) is 2. The summed E-state index contributed by atoms with van der Waals surface area (Å²) in [6.45, 7) is 5.54. The van der Waals surface area contributed by atoms with Crippen LogP contribution in [0.25, 0.3) is 0 Å². The number of anilines is 1. The zero-order chi connectivity index (χ0) is 13.8. The van der Waals surface area contributed by atoms with Crippen LogP contribution < -0.4 is 4.90 Å². The molecule has 1 aliphatic heterocycles. The van der Waals surface area contributed by atoms with Crippen molar-refractivity contribution in [2.24, 2.45) is 5.92 Å². The Balaban J connectivity index is 2.22. The van der Waals surface area contributed by atoms with Crippen molar-refractivity contribution in [1.29, 1.82) is 0 Å². The van der Waals surface area contributed by atoms with Crippen molar-refractivity contribution in [3.8, 4) is 0 Å². The lowest BCUT2D eigenvalue weighted by atomic mass is 9.96. The van der Waals surface area contributed by atoms with Gasteiger partial charge in [0, 0.05) is 19.3 Å². The highest BCUT2D eigenvalue weighted by Gasteiger charge is 2.27. The summed E-state index contributed by atoms with van der Waals surface area (Å²) in [6.07, 6.45) is 2.10. The largest absolute Gasteiger partial charge is 0.462 e. The molecule has 1 aliphatic rings. The van der Waals surface area contributed by atoms with Crippen molar-refractivity contribution in [2.45, 2.75) is 26.4 Å². The summed E-state index contributed by atoms with van der Waals surface area (Å²) in [5.74, 6) is 0.481. The van der Waals surface area contributed by atoms with Crippen LogP contribution in [0.2, 0.25) is 0 Å². The molecule has 0 saturated carbocycles. The van der Waals surface area contributed by atoms with Crippen molar-refractivity contribution in [3.05, 3.63) is 23.9 Å². The number of pyridine rings is 1. The van der Waals surface area contributed by atoms with Crippen molar-refractivity contribution < 1.29 is 14.6 Å². The van der Waals surface area contributed by atoms with E-state index in [4.69, 9.17) is 4.74 Å². The van der Waals surface area contributed by atoms with E-state index in [1.54, 1.807) is 25.3 Å². The molecular formula is C14H20N2O3. The maximum Gasteiger partial charge on any atom is 0.341 e. The summed E-state index contributed by atoms with van der Waals surface area (Å²) in [6, 6.07) is 3.47. The van der Waals surface area contributed by atoms with Gasteiger partial charge < -0.3 is 14.7 Å². The molecule has 5 nitrogen and oxygen atoms in total. The van der Waals surface area contributed by atoms with E-state index >= 15 is 0 Å². The third-order valence-corrected chi connectivity index (χ3v) is 3.44. The Hall–Kier alpha value is -1.62. The molecule has 1 aromatic rings. The first-order valence-electron chi connectivity index (χ1n) is 6.68. The topological polar surface area (TPSA) is 62.7 Å². The Morgan fingerprint density at radius 3 is 3.11 bits per heavy atom. The summed E-state index contributed by atoms with van der Waals surface area (Å²) in [4.78, 5) is 18.3. The number of aliphatic hydroxyl groups is 1. The first-order chi connectivity index (χ1) is 9.13. The highest BCUT2D eigenvalue weighted by Crippen LogP contribution is 2.25. The van der Waals surface area contributed by atoms with E-state index in [1.165, 1.54) is 0 Å². The average Bonchev–Trinajstić information content (AvgIpc) is 2.42. The predicted octanol–water partition coefficient (Wildman–Crippen LogP) is 1.47. The number of piperidine rings is 1. The number of ether oxygens (including phenoxy) is 1. The molecule has 1 N–H and O–H groups in total. The average molecular weight is 264 g/mol. The van der Waals surface area contributed by atoms with Gasteiger partial charge in [-0.3, -0.25) is 0 Å². The molecular weight excluding hydrogens is 244 g/mol. The summed E-state index contributed by atoms with van der Waals surface area (Å²) >= 11 is 0. The van der Waals surface area contributed by atoms with Crippen LogP contribution >= 0.6 is 0 Å². The number of aliphatic hydroxyl groups excluding tert-OH is 1. The molecule has 0 amide bonds. The molecule has 5 heteroatoms. The van der Waals surface area contributed by atoms with Crippen LogP contribution in [0.1, 0.15) is 30.6 Å². The minimum Gasteiger partial charge on any atom is -0.462 e. The third-order valence-electron chi connectivity index (χ3n) is 3.44. The maximum absolute atomic E-state index is 11.9. The Morgan fingerprint density at radius 2 is 2.42 bits per heavy atom. The van der Waals surface area contributed by atoms with E-state index in [-0.39, 0.29) is 18.0 Å². The lowest BCUT2D eigenvalue weighted by molar-refractivity contribution is 0.0526. The van der Waals surface area contributed by atoms with Gasteiger partial charge in [0.2, 0.25) is 0 Å². The predicted molar refractivity (Wildman–Crippen MR) is 72.2 cm³/mol. The molecule has 0 radical (unpaired) electrons. The normalized spacial score (nSPS) is 23.2. The van der Waals surface area contributed by atoms with E-state index in [1.807, 2.05) is 11.8 Å². The fourth-order valence-corrected chi connectivity index (χ4v) is 2.34. The molecule has 1 saturated heterocycles. The van der Waals surface area contributed by atoms with Gasteiger partial charge >= 0.3 is 5.97 Å². The molecule has 104 valence electrons. The SMILES string of the molecule is CCOC(=O)c1cccnc1N1CCC(O)C(C)C1. The van der Waals surface area contributed by atoms with E-state index in [9.17, 15) is 9.90 Å². The Bertz CT molecular complexity index is 450. The molecule has 0 aromatic carbocycles. The van der Waals surface area contributed by atoms with Gasteiger partial charge in [-0.05, 0) is 31.4 Å². The second-order valence-electron chi connectivity index (χ2n) is 4.87. The lowest BCUT2D eigenvalue weighted by Crippen LogP contribution is -2.43. The number of rotatable bonds is 3. The zero-order valence-electron chi connectivity index (χ0n) is 11.4. The Morgan fingerprint density at radius 1 is 1.63 bits per heavy atom. The number of carbonyl (C=O) groups excluding carboxylic acids is 1. The van der Waals surface area contributed by atoms with Crippen molar-refractivity contribution in [1.82, 2.24) is 4.98 Å². The Labute approximate surface area is 113 Å². The van der Waals surface area contributed by atoms with Gasteiger partial charge in [-0.1, -0.05) is 6.92 Å². The first-order valence-corrected chi connectivity index (χ1v) is 6.68. The number of esters is 1. The molecule has 2 unspecified atom stereocenters. The van der Waals surface area contributed by atoms with Crippen LogP contribution in [0.5, 0.6) is 0 Å². The van der Waals surface area contributed by atoms with Gasteiger partial charge in [0.05, 0.1) is 12.7 Å². The molecule has 0 spiro atoms. The fourth-order valence-electron chi connectivity index (χ4n) is 2.34. The summed E-state index contributed by atoms with van der Waals surface area (Å²) in [7, 11) is 0. The van der Waals surface area contributed by atoms with Crippen molar-refractivity contribution in [3.63, 3.8) is 0 Å². The van der Waals surface area contributed by atoms with Gasteiger partial charge in [0.1, 0.15) is 11.4 Å². The smallest absolute Gasteiger partial charge is 0.341 e. The molecule has 1 aromatic heterocycles. The molecule has 2 rings (SSSR count). The van der Waals surface area contributed by atoms with E-state index in [0.29, 0.717) is 37.5 Å². The third kappa shape index (κ3) is 3.04. The van der Waals surface area contributed by atoms with Gasteiger partial charge in [0.15, 0.2) is 0 Å². The number of carbonyl (C=O) groups is 1. The second kappa shape index (κ2) is 6.02. The van der Waals surface area contributed by atoms with Gasteiger partial charge in [-0.2, -0.15) is 0 Å². The van der Waals surface area contributed by atoms with Crippen LogP contribution in [0.4, 0.5) is 5.82 Å². The zero-order valence-corrected chi connectivity index (χ0v) is 11.4. The molecule has 0 aliphatic carbocycles. The number of hydrogen-bond donors (Lipinski definition) is 1. The first kappa shape index (κ1) is 13.8. The molecule has 0 bridgehead atoms. The molecule has 1 fully saturated rings. The molecule has 2 heterocycles. The Kier molecular flexibility index (Phi) is 4.37. The van der Waals surface area contributed by atoms with E-state index in [0.717, 1.165) is 0 Å². The minimum absolute atomic E-state index is 0.172. The summed E-state index contributed by atoms with van der Waals surface area (Å²) < 4.78 is 5.05. The number of hydrogen-bond acceptors (Lipinski definition) is 5. The van der Waals surface area contributed by atoms with Gasteiger partial charge in [-0.15, -0.1) is 0 Å². The van der Waals surface area contributed by atoms with Crippen LogP contribution in [-0.4, -0.2) is 41.9 Å². The second-order valence-corrected chi connectivity index (χ2v) is 4.87. The standard InChI is InChI=1S/C14H20N2O3/c1-3-19-14(18)11-5-4-7-15-13(11)16-8-6-12(17)10(2)9-16/h4-5,7,10,12,17H,3,6,8-9H2,1-2H3. The van der Waals surface area contributed by atoms with Crippen molar-refractivity contribution >= 4 is 11.8 Å². The monoisotopic (exact) mass is 264 g/mol. The summed E-state index contributed by atoms with van der Waals surface area (Å²) in [5, 5.41) is 9.77. The highest BCUT2D eigenvalue weighted by atomic mass is 16.5. The van der Waals surface area contributed by atoms with Gasteiger partial charge in [0.25, 0.3) is 0 Å². The molecule has 2 atom stereocenters. The number of aromatic nitrogens is 1. The quantitative estimate of drug-likeness (QED) is 0.838. The lowest BCUT2D eigenvalue weighted by Gasteiger charge is -2.35. The van der Waals surface area contributed by atoms with Gasteiger partial charge in [-0.25, -0.2) is 9.78 Å². The van der Waals surface area contributed by atoms with Crippen LogP contribution in [0.15, 0.2) is 18.3 Å². The summed E-state index contributed by atoms with van der Waals surface area (Å²) in [5.41, 5.74) is 0.493. The fraction of sp³-hybridized carbons (Fsp3) is 0.571. The van der Waals surface area contributed by atoms with E-state index in [2.05, 4.69) is 4.98 Å². The minimum atomic E-state index is -0.343. The van der Waals surface area contributed by atoms with Crippen molar-refractivity contribution in [2.75, 3.05) is 24.6 Å². The van der Waals surface area contributed by atoms with E-state index < -0.39 is 0 Å². The highest BCUT2D eigenvalue weighted by molar-refractivity contribution is 5.94. The maximum atomic E-state index is 11.9. The van der Waals surface area contributed by atoms with Crippen LogP contribution in [-0.2, 0) is 4.74 Å².